The number of nitrogens with zero attached hydrogens (tertiary/aromatic N) is 3. The lowest BCUT2D eigenvalue weighted by molar-refractivity contribution is -0.140. The fourth-order valence-electron chi connectivity index (χ4n) is 5.09. The Morgan fingerprint density at radius 1 is 0.969 bits per heavy atom. The molecule has 32 heavy (non-hydrogen) atoms. The van der Waals surface area contributed by atoms with Gasteiger partial charge in [0.2, 0.25) is 5.91 Å². The first-order valence-electron chi connectivity index (χ1n) is 11.9. The largest absolute Gasteiger partial charge is 0.496 e. The predicted octanol–water partition coefficient (Wildman–Crippen LogP) is 3.41. The molecule has 1 aromatic rings. The SMILES string of the molecule is COc1cccc(F)c1CN1CCCC[C@H]1C(=O)N1CCN(C(=O)OC2CCCC2)CC1. The molecule has 8 heteroatoms. The zero-order valence-electron chi connectivity index (χ0n) is 18.9. The lowest BCUT2D eigenvalue weighted by Crippen LogP contribution is -2.56. The number of rotatable bonds is 5. The van der Waals surface area contributed by atoms with E-state index in [-0.39, 0.29) is 30.0 Å². The molecular weight excluding hydrogens is 413 g/mol. The number of hydrogen-bond donors (Lipinski definition) is 0. The smallest absolute Gasteiger partial charge is 0.410 e. The first-order valence-corrected chi connectivity index (χ1v) is 11.9. The lowest BCUT2D eigenvalue weighted by atomic mass is 9.99. The van der Waals surface area contributed by atoms with Gasteiger partial charge in [-0.05, 0) is 57.2 Å². The predicted molar refractivity (Wildman–Crippen MR) is 118 cm³/mol. The highest BCUT2D eigenvalue weighted by Crippen LogP contribution is 2.28. The third-order valence-corrected chi connectivity index (χ3v) is 6.97. The number of piperidine rings is 1. The Bertz CT molecular complexity index is 806. The van der Waals surface area contributed by atoms with E-state index in [4.69, 9.17) is 9.47 Å². The molecule has 0 N–H and O–H groups in total. The van der Waals surface area contributed by atoms with E-state index in [0.717, 1.165) is 51.5 Å². The van der Waals surface area contributed by atoms with Gasteiger partial charge >= 0.3 is 6.09 Å². The summed E-state index contributed by atoms with van der Waals surface area (Å²) in [6.07, 6.45) is 6.68. The van der Waals surface area contributed by atoms with Crippen molar-refractivity contribution >= 4 is 12.0 Å². The number of methoxy groups -OCH3 is 1. The number of amides is 2. The van der Waals surface area contributed by atoms with Crippen molar-refractivity contribution in [3.8, 4) is 5.75 Å². The fourth-order valence-corrected chi connectivity index (χ4v) is 5.09. The highest BCUT2D eigenvalue weighted by atomic mass is 19.1. The molecule has 1 saturated carbocycles. The van der Waals surface area contributed by atoms with Crippen LogP contribution in [0.5, 0.6) is 5.75 Å². The van der Waals surface area contributed by atoms with Crippen molar-refractivity contribution in [2.75, 3.05) is 39.8 Å². The first-order chi connectivity index (χ1) is 15.6. The van der Waals surface area contributed by atoms with Gasteiger partial charge in [-0.2, -0.15) is 0 Å². The molecule has 0 aromatic heterocycles. The van der Waals surface area contributed by atoms with Crippen LogP contribution in [0.4, 0.5) is 9.18 Å². The van der Waals surface area contributed by atoms with Gasteiger partial charge in [0.1, 0.15) is 17.7 Å². The molecule has 0 bridgehead atoms. The molecule has 1 aliphatic carbocycles. The van der Waals surface area contributed by atoms with E-state index in [1.54, 1.807) is 17.0 Å². The molecule has 3 fully saturated rings. The van der Waals surface area contributed by atoms with E-state index >= 15 is 0 Å². The third-order valence-electron chi connectivity index (χ3n) is 6.97. The second-order valence-electron chi connectivity index (χ2n) is 9.01. The summed E-state index contributed by atoms with van der Waals surface area (Å²) in [7, 11) is 1.54. The Hall–Kier alpha value is -2.35. The summed E-state index contributed by atoms with van der Waals surface area (Å²) < 4.78 is 25.4. The van der Waals surface area contributed by atoms with Crippen molar-refractivity contribution < 1.29 is 23.5 Å². The number of hydrogen-bond acceptors (Lipinski definition) is 5. The van der Waals surface area contributed by atoms with Crippen LogP contribution in [0.1, 0.15) is 50.5 Å². The molecular formula is C24H34FN3O4. The average Bonchev–Trinajstić information content (AvgIpc) is 3.33. The molecule has 2 aliphatic heterocycles. The highest BCUT2D eigenvalue weighted by Gasteiger charge is 2.35. The van der Waals surface area contributed by atoms with Gasteiger partial charge in [-0.1, -0.05) is 12.5 Å². The summed E-state index contributed by atoms with van der Waals surface area (Å²) in [6.45, 7) is 3.09. The molecule has 0 radical (unpaired) electrons. The molecule has 1 atom stereocenters. The minimum Gasteiger partial charge on any atom is -0.496 e. The Balaban J connectivity index is 1.35. The summed E-state index contributed by atoms with van der Waals surface area (Å²) in [5.41, 5.74) is 0.495. The fraction of sp³-hybridized carbons (Fsp3) is 0.667. The Kier molecular flexibility index (Phi) is 7.50. The molecule has 7 nitrogen and oxygen atoms in total. The maximum absolute atomic E-state index is 14.5. The molecule has 4 rings (SSSR count). The summed E-state index contributed by atoms with van der Waals surface area (Å²) in [5.74, 6) is 0.274. The monoisotopic (exact) mass is 447 g/mol. The van der Waals surface area contributed by atoms with E-state index in [1.807, 2.05) is 4.90 Å². The van der Waals surface area contributed by atoms with Crippen molar-refractivity contribution in [2.24, 2.45) is 0 Å². The Morgan fingerprint density at radius 3 is 2.38 bits per heavy atom. The number of halogens is 1. The van der Waals surface area contributed by atoms with Crippen molar-refractivity contribution in [1.29, 1.82) is 0 Å². The van der Waals surface area contributed by atoms with Crippen molar-refractivity contribution in [2.45, 2.75) is 63.6 Å². The van der Waals surface area contributed by atoms with Gasteiger partial charge in [-0.25, -0.2) is 9.18 Å². The standard InChI is InChI=1S/C24H34FN3O4/c1-31-22-11-6-9-20(25)19(22)17-28-12-5-4-10-21(28)23(29)26-13-15-27(16-14-26)24(30)32-18-7-2-3-8-18/h6,9,11,18,21H,2-5,7-8,10,12-17H2,1H3/t21-/m0/s1. The van der Waals surface area contributed by atoms with E-state index in [9.17, 15) is 14.0 Å². The van der Waals surface area contributed by atoms with E-state index in [1.165, 1.54) is 13.2 Å². The average molecular weight is 448 g/mol. The van der Waals surface area contributed by atoms with Crippen LogP contribution in [-0.4, -0.2) is 78.7 Å². The second kappa shape index (κ2) is 10.5. The van der Waals surface area contributed by atoms with E-state index in [0.29, 0.717) is 44.0 Å². The van der Waals surface area contributed by atoms with Crippen LogP contribution in [0.2, 0.25) is 0 Å². The van der Waals surface area contributed by atoms with Crippen LogP contribution in [-0.2, 0) is 16.1 Å². The van der Waals surface area contributed by atoms with Gasteiger partial charge in [-0.15, -0.1) is 0 Å². The molecule has 0 spiro atoms. The Labute approximate surface area is 189 Å². The first kappa shape index (κ1) is 22.8. The van der Waals surface area contributed by atoms with Crippen LogP contribution in [0.15, 0.2) is 18.2 Å². The van der Waals surface area contributed by atoms with E-state index < -0.39 is 0 Å². The molecule has 2 saturated heterocycles. The van der Waals surface area contributed by atoms with Gasteiger partial charge in [0.05, 0.1) is 13.2 Å². The zero-order valence-corrected chi connectivity index (χ0v) is 18.9. The summed E-state index contributed by atoms with van der Waals surface area (Å²) in [6, 6.07) is 4.55. The van der Waals surface area contributed by atoms with Crippen LogP contribution in [0.25, 0.3) is 0 Å². The molecule has 3 aliphatic rings. The van der Waals surface area contributed by atoms with Gasteiger partial charge in [0.15, 0.2) is 0 Å². The number of benzene rings is 1. The number of piperazine rings is 1. The van der Waals surface area contributed by atoms with Gasteiger partial charge < -0.3 is 19.3 Å². The van der Waals surface area contributed by atoms with Crippen molar-refractivity contribution in [3.63, 3.8) is 0 Å². The number of carbonyl (C=O) groups excluding carboxylic acids is 2. The van der Waals surface area contributed by atoms with Crippen LogP contribution in [0.3, 0.4) is 0 Å². The van der Waals surface area contributed by atoms with Crippen molar-refractivity contribution in [3.05, 3.63) is 29.6 Å². The highest BCUT2D eigenvalue weighted by molar-refractivity contribution is 5.82. The van der Waals surface area contributed by atoms with Gasteiger partial charge in [0.25, 0.3) is 0 Å². The van der Waals surface area contributed by atoms with Crippen molar-refractivity contribution in [1.82, 2.24) is 14.7 Å². The summed E-state index contributed by atoms with van der Waals surface area (Å²) >= 11 is 0. The zero-order chi connectivity index (χ0) is 22.5. The second-order valence-corrected chi connectivity index (χ2v) is 9.01. The quantitative estimate of drug-likeness (QED) is 0.692. The van der Waals surface area contributed by atoms with Crippen LogP contribution >= 0.6 is 0 Å². The maximum atomic E-state index is 14.5. The molecule has 1 aromatic carbocycles. The third kappa shape index (κ3) is 5.17. The van der Waals surface area contributed by atoms with Gasteiger partial charge in [-0.3, -0.25) is 9.69 Å². The van der Waals surface area contributed by atoms with E-state index in [2.05, 4.69) is 4.90 Å². The topological polar surface area (TPSA) is 62.3 Å². The molecule has 0 unspecified atom stereocenters. The number of likely N-dealkylation sites (tertiary alicyclic amines) is 1. The molecule has 2 heterocycles. The summed E-state index contributed by atoms with van der Waals surface area (Å²) in [5, 5.41) is 0. The minimum absolute atomic E-state index is 0.0494. The molecule has 176 valence electrons. The minimum atomic E-state index is -0.310. The van der Waals surface area contributed by atoms with Gasteiger partial charge in [0, 0.05) is 38.3 Å². The summed E-state index contributed by atoms with van der Waals surface area (Å²) in [4.78, 5) is 31.4. The molecule has 2 amide bonds. The van der Waals surface area contributed by atoms with Crippen LogP contribution in [0, 0.1) is 5.82 Å². The lowest BCUT2D eigenvalue weighted by Gasteiger charge is -2.40. The number of ether oxygens (including phenoxy) is 2. The normalized spacial score (nSPS) is 22.8. The van der Waals surface area contributed by atoms with Crippen LogP contribution < -0.4 is 4.74 Å². The Morgan fingerprint density at radius 2 is 1.66 bits per heavy atom. The number of carbonyl (C=O) groups is 2. The maximum Gasteiger partial charge on any atom is 0.410 e.